The molecule has 15 heavy (non-hydrogen) atoms. The molecule has 0 bridgehead atoms. The van der Waals surface area contributed by atoms with Crippen LogP contribution in [-0.2, 0) is 4.74 Å². The van der Waals surface area contributed by atoms with Crippen molar-refractivity contribution < 1.29 is 9.84 Å². The molecule has 1 aliphatic heterocycles. The van der Waals surface area contributed by atoms with Crippen molar-refractivity contribution in [3.8, 4) is 0 Å². The average Bonchev–Trinajstić information content (AvgIpc) is 2.29. The largest absolute Gasteiger partial charge is 0.390 e. The van der Waals surface area contributed by atoms with Gasteiger partial charge in [0.15, 0.2) is 0 Å². The maximum Gasteiger partial charge on any atom is 0.0834 e. The summed E-state index contributed by atoms with van der Waals surface area (Å²) in [5.74, 6) is 0.660. The molecular weight excluding hydrogens is 190 g/mol. The van der Waals surface area contributed by atoms with Gasteiger partial charge >= 0.3 is 0 Å². The molecule has 2 rings (SSSR count). The number of hydrogen-bond acceptors (Lipinski definition) is 3. The fourth-order valence-corrected chi connectivity index (χ4v) is 2.60. The summed E-state index contributed by atoms with van der Waals surface area (Å²) in [4.78, 5) is 0. The highest BCUT2D eigenvalue weighted by Gasteiger charge is 2.24. The predicted octanol–water partition coefficient (Wildman–Crippen LogP) is 1.31. The van der Waals surface area contributed by atoms with Gasteiger partial charge in [0.1, 0.15) is 0 Å². The van der Waals surface area contributed by atoms with E-state index in [1.54, 1.807) is 0 Å². The van der Waals surface area contributed by atoms with Crippen molar-refractivity contribution in [2.24, 2.45) is 5.92 Å². The van der Waals surface area contributed by atoms with Gasteiger partial charge in [-0.05, 0) is 38.1 Å². The number of ether oxygens (including phenoxy) is 1. The van der Waals surface area contributed by atoms with Gasteiger partial charge in [-0.25, -0.2) is 0 Å². The third-order valence-electron chi connectivity index (χ3n) is 3.61. The van der Waals surface area contributed by atoms with Gasteiger partial charge in [0, 0.05) is 6.54 Å². The highest BCUT2D eigenvalue weighted by molar-refractivity contribution is 4.76. The molecule has 0 aromatic rings. The number of aliphatic hydroxyl groups is 1. The van der Waals surface area contributed by atoms with Crippen molar-refractivity contribution >= 4 is 0 Å². The molecule has 1 heterocycles. The van der Waals surface area contributed by atoms with Crippen molar-refractivity contribution in [2.75, 3.05) is 19.7 Å². The van der Waals surface area contributed by atoms with Crippen LogP contribution < -0.4 is 5.32 Å². The summed E-state index contributed by atoms with van der Waals surface area (Å²) in [5.41, 5.74) is 0. The van der Waals surface area contributed by atoms with E-state index in [0.717, 1.165) is 39.0 Å². The van der Waals surface area contributed by atoms with E-state index in [9.17, 15) is 5.11 Å². The average molecular weight is 213 g/mol. The smallest absolute Gasteiger partial charge is 0.0834 e. The van der Waals surface area contributed by atoms with Gasteiger partial charge in [-0.1, -0.05) is 12.8 Å². The number of piperidine rings is 1. The second-order valence-electron chi connectivity index (χ2n) is 4.94. The first-order valence-electron chi connectivity index (χ1n) is 6.36. The van der Waals surface area contributed by atoms with Gasteiger partial charge in [-0.2, -0.15) is 0 Å². The molecule has 2 aliphatic rings. The number of hydrogen-bond donors (Lipinski definition) is 2. The molecule has 88 valence electrons. The summed E-state index contributed by atoms with van der Waals surface area (Å²) in [6.07, 6.45) is 6.78. The zero-order valence-corrected chi connectivity index (χ0v) is 9.45. The van der Waals surface area contributed by atoms with Gasteiger partial charge in [0.05, 0.1) is 18.8 Å². The van der Waals surface area contributed by atoms with Crippen molar-refractivity contribution in [1.29, 1.82) is 0 Å². The Balaban J connectivity index is 1.67. The van der Waals surface area contributed by atoms with Gasteiger partial charge in [-0.3, -0.25) is 0 Å². The molecule has 1 aliphatic carbocycles. The summed E-state index contributed by atoms with van der Waals surface area (Å²) < 4.78 is 5.84. The predicted molar refractivity (Wildman–Crippen MR) is 59.8 cm³/mol. The summed E-state index contributed by atoms with van der Waals surface area (Å²) in [5, 5.41) is 13.1. The van der Waals surface area contributed by atoms with Gasteiger partial charge in [0.25, 0.3) is 0 Å². The quantitative estimate of drug-likeness (QED) is 0.742. The second kappa shape index (κ2) is 5.83. The first-order valence-corrected chi connectivity index (χ1v) is 6.36. The molecule has 1 saturated carbocycles. The van der Waals surface area contributed by atoms with Crippen molar-refractivity contribution in [3.05, 3.63) is 0 Å². The number of rotatable bonds is 3. The highest BCUT2D eigenvalue weighted by atomic mass is 16.5. The molecule has 1 saturated heterocycles. The van der Waals surface area contributed by atoms with Crippen LogP contribution >= 0.6 is 0 Å². The maximum atomic E-state index is 9.76. The lowest BCUT2D eigenvalue weighted by atomic mass is 9.94. The van der Waals surface area contributed by atoms with Crippen LogP contribution in [-0.4, -0.2) is 37.0 Å². The molecule has 2 N–H and O–H groups in total. The van der Waals surface area contributed by atoms with Gasteiger partial charge < -0.3 is 15.2 Å². The Bertz CT molecular complexity index is 180. The summed E-state index contributed by atoms with van der Waals surface area (Å²) >= 11 is 0. The molecule has 0 amide bonds. The minimum atomic E-state index is -0.213. The molecule has 0 radical (unpaired) electrons. The van der Waals surface area contributed by atoms with Crippen LogP contribution in [0.2, 0.25) is 0 Å². The van der Waals surface area contributed by atoms with Crippen molar-refractivity contribution in [1.82, 2.24) is 5.32 Å². The van der Waals surface area contributed by atoms with Crippen LogP contribution in [0.3, 0.4) is 0 Å². The van der Waals surface area contributed by atoms with E-state index < -0.39 is 0 Å². The fraction of sp³-hybridized carbons (Fsp3) is 1.00. The molecule has 0 aromatic carbocycles. The molecule has 2 fully saturated rings. The molecular formula is C12H23NO2. The van der Waals surface area contributed by atoms with E-state index in [1.807, 2.05) is 0 Å². The Kier molecular flexibility index (Phi) is 4.42. The Morgan fingerprint density at radius 1 is 1.13 bits per heavy atom. The Morgan fingerprint density at radius 2 is 2.00 bits per heavy atom. The van der Waals surface area contributed by atoms with Crippen LogP contribution in [0.5, 0.6) is 0 Å². The fourth-order valence-electron chi connectivity index (χ4n) is 2.60. The van der Waals surface area contributed by atoms with Crippen LogP contribution in [0.25, 0.3) is 0 Å². The minimum absolute atomic E-state index is 0.112. The molecule has 0 aromatic heterocycles. The standard InChI is InChI=1S/C12H23NO2/c14-11-5-1-2-6-12(11)15-9-10-4-3-7-13-8-10/h10-14H,1-9H2. The zero-order valence-electron chi connectivity index (χ0n) is 9.45. The van der Waals surface area contributed by atoms with E-state index in [1.165, 1.54) is 19.3 Å². The summed E-state index contributed by atoms with van der Waals surface area (Å²) in [7, 11) is 0. The summed E-state index contributed by atoms with van der Waals surface area (Å²) in [6.45, 7) is 3.07. The maximum absolute atomic E-state index is 9.76. The minimum Gasteiger partial charge on any atom is -0.390 e. The van der Waals surface area contributed by atoms with Crippen LogP contribution in [0, 0.1) is 5.92 Å². The lowest BCUT2D eigenvalue weighted by molar-refractivity contribution is -0.0705. The monoisotopic (exact) mass is 213 g/mol. The van der Waals surface area contributed by atoms with Crippen molar-refractivity contribution in [2.45, 2.75) is 50.7 Å². The van der Waals surface area contributed by atoms with E-state index in [0.29, 0.717) is 5.92 Å². The first kappa shape index (κ1) is 11.4. The van der Waals surface area contributed by atoms with Crippen LogP contribution in [0.4, 0.5) is 0 Å². The van der Waals surface area contributed by atoms with E-state index in [4.69, 9.17) is 4.74 Å². The Morgan fingerprint density at radius 3 is 2.73 bits per heavy atom. The van der Waals surface area contributed by atoms with E-state index in [-0.39, 0.29) is 12.2 Å². The Hall–Kier alpha value is -0.120. The number of nitrogens with one attached hydrogen (secondary N) is 1. The summed E-state index contributed by atoms with van der Waals surface area (Å²) in [6, 6.07) is 0. The zero-order chi connectivity index (χ0) is 10.5. The van der Waals surface area contributed by atoms with E-state index >= 15 is 0 Å². The lowest BCUT2D eigenvalue weighted by Gasteiger charge is -2.30. The topological polar surface area (TPSA) is 41.5 Å². The van der Waals surface area contributed by atoms with E-state index in [2.05, 4.69) is 5.32 Å². The SMILES string of the molecule is OC1CCCCC1OCC1CCCNC1. The molecule has 3 heteroatoms. The van der Waals surface area contributed by atoms with Gasteiger partial charge in [0.2, 0.25) is 0 Å². The van der Waals surface area contributed by atoms with Crippen LogP contribution in [0.1, 0.15) is 38.5 Å². The molecule has 3 nitrogen and oxygen atoms in total. The Labute approximate surface area is 92.2 Å². The molecule has 3 unspecified atom stereocenters. The first-order chi connectivity index (χ1) is 7.36. The van der Waals surface area contributed by atoms with Crippen LogP contribution in [0.15, 0.2) is 0 Å². The second-order valence-corrected chi connectivity index (χ2v) is 4.94. The molecule has 3 atom stereocenters. The number of aliphatic hydroxyl groups excluding tert-OH is 1. The lowest BCUT2D eigenvalue weighted by Crippen LogP contribution is -2.37. The van der Waals surface area contributed by atoms with Crippen molar-refractivity contribution in [3.63, 3.8) is 0 Å². The normalized spacial score (nSPS) is 37.8. The third-order valence-corrected chi connectivity index (χ3v) is 3.61. The highest BCUT2D eigenvalue weighted by Crippen LogP contribution is 2.22. The van der Waals surface area contributed by atoms with Gasteiger partial charge in [-0.15, -0.1) is 0 Å². The third kappa shape index (κ3) is 3.44. The molecule has 0 spiro atoms.